The Morgan fingerprint density at radius 3 is 2.30 bits per heavy atom. The second-order valence-electron chi connectivity index (χ2n) is 5.07. The molecule has 1 heterocycles. The van der Waals surface area contributed by atoms with E-state index in [1.165, 1.54) is 0 Å². The highest BCUT2D eigenvalue weighted by Crippen LogP contribution is 2.33. The first-order valence-electron chi connectivity index (χ1n) is 6.60. The summed E-state index contributed by atoms with van der Waals surface area (Å²) < 4.78 is 10.8. The molecule has 0 spiro atoms. The monoisotopic (exact) mass is 352 g/mol. The van der Waals surface area contributed by atoms with Gasteiger partial charge in [0.15, 0.2) is 0 Å². The zero-order valence-electron chi connectivity index (χ0n) is 11.9. The number of carbonyl (C=O) groups is 4. The van der Waals surface area contributed by atoms with Crippen LogP contribution in [-0.4, -0.2) is 73.4 Å². The van der Waals surface area contributed by atoms with Crippen molar-refractivity contribution in [2.45, 2.75) is 31.3 Å². The first-order chi connectivity index (χ1) is 10.5. The molecule has 0 aromatic rings. The van der Waals surface area contributed by atoms with E-state index in [0.29, 0.717) is 6.42 Å². The minimum absolute atomic E-state index is 0.0975. The molecule has 1 aliphatic rings. The van der Waals surface area contributed by atoms with E-state index in [1.807, 2.05) is 5.32 Å². The van der Waals surface area contributed by atoms with Crippen molar-refractivity contribution in [3.63, 3.8) is 0 Å². The molecule has 0 radical (unpaired) electrons. The van der Waals surface area contributed by atoms with Gasteiger partial charge in [-0.3, -0.25) is 18.9 Å². The third kappa shape index (κ3) is 5.97. The maximum Gasteiger partial charge on any atom is 0.334 e. The Labute approximate surface area is 130 Å². The predicted octanol–water partition coefficient (Wildman–Crippen LogP) is -1.80. The summed E-state index contributed by atoms with van der Waals surface area (Å²) in [5.41, 5.74) is 0. The van der Waals surface area contributed by atoms with Crippen molar-refractivity contribution in [3.8, 4) is 0 Å². The fourth-order valence-electron chi connectivity index (χ4n) is 2.29. The number of hydrogen-bond acceptors (Lipinski definition) is 5. The number of carboxylic acid groups (broad SMARTS) is 2. The zero-order valence-corrected chi connectivity index (χ0v) is 12.8. The maximum absolute atomic E-state index is 12.3. The van der Waals surface area contributed by atoms with Gasteiger partial charge in [0.25, 0.3) is 0 Å². The highest BCUT2D eigenvalue weighted by molar-refractivity contribution is 7.52. The number of nitrogens with zero attached hydrogens (tertiary/aromatic N) is 1. The number of nitrogens with one attached hydrogen (secondary N) is 1. The smallest absolute Gasteiger partial charge is 0.334 e. The van der Waals surface area contributed by atoms with Crippen LogP contribution in [0.25, 0.3) is 0 Å². The average molecular weight is 352 g/mol. The molecule has 1 rings (SSSR count). The van der Waals surface area contributed by atoms with Crippen molar-refractivity contribution in [2.75, 3.05) is 12.7 Å². The van der Waals surface area contributed by atoms with Gasteiger partial charge in [-0.1, -0.05) is 0 Å². The molecule has 0 saturated carbocycles. The van der Waals surface area contributed by atoms with Crippen molar-refractivity contribution in [1.29, 1.82) is 0 Å². The fourth-order valence-corrected chi connectivity index (χ4v) is 2.75. The summed E-state index contributed by atoms with van der Waals surface area (Å²) in [6.45, 7) is 0.0975. The summed E-state index contributed by atoms with van der Waals surface area (Å²) in [6.07, 6.45) is -1.40. The number of amides is 2. The van der Waals surface area contributed by atoms with Crippen LogP contribution >= 0.6 is 7.60 Å². The molecule has 2 atom stereocenters. The van der Waals surface area contributed by atoms with Crippen LogP contribution in [0.3, 0.4) is 0 Å². The molecule has 130 valence electrons. The van der Waals surface area contributed by atoms with Gasteiger partial charge >= 0.3 is 19.5 Å². The molecule has 0 unspecified atom stereocenters. The lowest BCUT2D eigenvalue weighted by molar-refractivity contribution is -0.150. The molecule has 23 heavy (non-hydrogen) atoms. The Hall–Kier alpha value is -1.97. The lowest BCUT2D eigenvalue weighted by Gasteiger charge is -2.26. The number of likely N-dealkylation sites (tertiary alicyclic amines) is 1. The minimum atomic E-state index is -4.67. The van der Waals surface area contributed by atoms with Gasteiger partial charge in [0.05, 0.1) is 6.42 Å². The molecule has 1 aliphatic heterocycles. The SMILES string of the molecule is O=C(O)C[C@H](NC(=O)CP(=O)(O)O)C(=O)N1CCC[C@H]1C(=O)O. The van der Waals surface area contributed by atoms with E-state index in [2.05, 4.69) is 0 Å². The van der Waals surface area contributed by atoms with Crippen LogP contribution in [0.5, 0.6) is 0 Å². The normalized spacial score (nSPS) is 19.2. The Morgan fingerprint density at radius 2 is 1.83 bits per heavy atom. The van der Waals surface area contributed by atoms with Crippen molar-refractivity contribution < 1.29 is 43.7 Å². The number of rotatable bonds is 7. The van der Waals surface area contributed by atoms with E-state index >= 15 is 0 Å². The molecule has 0 aliphatic carbocycles. The second kappa shape index (κ2) is 7.53. The number of carbonyl (C=O) groups excluding carboxylic acids is 2. The zero-order chi connectivity index (χ0) is 17.8. The molecule has 0 bridgehead atoms. The molecule has 0 aromatic heterocycles. The van der Waals surface area contributed by atoms with Crippen LogP contribution in [0.1, 0.15) is 19.3 Å². The van der Waals surface area contributed by atoms with Crippen LogP contribution < -0.4 is 5.32 Å². The van der Waals surface area contributed by atoms with Crippen LogP contribution in [0.15, 0.2) is 0 Å². The van der Waals surface area contributed by atoms with Crippen molar-refractivity contribution in [1.82, 2.24) is 10.2 Å². The number of carboxylic acids is 2. The molecule has 5 N–H and O–H groups in total. The summed E-state index contributed by atoms with van der Waals surface area (Å²) in [5, 5.41) is 19.8. The summed E-state index contributed by atoms with van der Waals surface area (Å²) in [4.78, 5) is 64.0. The first-order valence-corrected chi connectivity index (χ1v) is 8.40. The molecule has 1 saturated heterocycles. The predicted molar refractivity (Wildman–Crippen MR) is 73.5 cm³/mol. The van der Waals surface area contributed by atoms with Gasteiger partial charge in [-0.15, -0.1) is 0 Å². The van der Waals surface area contributed by atoms with Gasteiger partial charge in [-0.05, 0) is 12.8 Å². The Bertz CT molecular complexity index is 558. The van der Waals surface area contributed by atoms with Crippen molar-refractivity contribution >= 4 is 31.3 Å². The molecule has 11 nitrogen and oxygen atoms in total. The fraction of sp³-hybridized carbons (Fsp3) is 0.636. The summed E-state index contributed by atoms with van der Waals surface area (Å²) in [7, 11) is -4.67. The van der Waals surface area contributed by atoms with Gasteiger partial charge < -0.3 is 30.2 Å². The molecular formula is C11H17N2O9P. The maximum atomic E-state index is 12.3. The standard InChI is InChI=1S/C11H17N2O9P/c14-8(5-23(20,21)22)12-6(4-9(15)16)10(17)13-3-1-2-7(13)11(18)19/h6-7H,1-5H2,(H,12,14)(H,15,16)(H,18,19)(H2,20,21,22)/t6-,7-/m0/s1. The lowest BCUT2D eigenvalue weighted by atomic mass is 10.1. The van der Waals surface area contributed by atoms with E-state index in [9.17, 15) is 23.7 Å². The quantitative estimate of drug-likeness (QED) is 0.330. The van der Waals surface area contributed by atoms with E-state index in [0.717, 1.165) is 4.90 Å². The number of aliphatic carboxylic acids is 2. The van der Waals surface area contributed by atoms with Gasteiger partial charge in [-0.2, -0.15) is 0 Å². The topological polar surface area (TPSA) is 182 Å². The second-order valence-corrected chi connectivity index (χ2v) is 6.71. The summed E-state index contributed by atoms with van der Waals surface area (Å²) >= 11 is 0. The molecular weight excluding hydrogens is 335 g/mol. The first kappa shape index (κ1) is 19.1. The molecule has 12 heteroatoms. The molecule has 0 aromatic carbocycles. The van der Waals surface area contributed by atoms with Gasteiger partial charge in [-0.25, -0.2) is 4.79 Å². The van der Waals surface area contributed by atoms with Gasteiger partial charge in [0.1, 0.15) is 18.2 Å². The Balaban J connectivity index is 2.86. The molecule has 2 amide bonds. The van der Waals surface area contributed by atoms with Crippen LogP contribution in [0, 0.1) is 0 Å². The van der Waals surface area contributed by atoms with E-state index in [-0.39, 0.29) is 13.0 Å². The summed E-state index contributed by atoms with van der Waals surface area (Å²) in [5.74, 6) is -4.77. The van der Waals surface area contributed by atoms with E-state index in [1.54, 1.807) is 0 Å². The third-order valence-electron chi connectivity index (χ3n) is 3.18. The molecule has 1 fully saturated rings. The van der Waals surface area contributed by atoms with E-state index < -0.39 is 56.0 Å². The van der Waals surface area contributed by atoms with Crippen LogP contribution in [0.2, 0.25) is 0 Å². The summed E-state index contributed by atoms with van der Waals surface area (Å²) in [6, 6.07) is -2.70. The van der Waals surface area contributed by atoms with Gasteiger partial charge in [0, 0.05) is 6.54 Å². The van der Waals surface area contributed by atoms with Gasteiger partial charge in [0.2, 0.25) is 11.8 Å². The largest absolute Gasteiger partial charge is 0.481 e. The van der Waals surface area contributed by atoms with Crippen molar-refractivity contribution in [3.05, 3.63) is 0 Å². The lowest BCUT2D eigenvalue weighted by Crippen LogP contribution is -2.52. The highest BCUT2D eigenvalue weighted by Gasteiger charge is 2.38. The van der Waals surface area contributed by atoms with Crippen LogP contribution in [0.4, 0.5) is 0 Å². The van der Waals surface area contributed by atoms with E-state index in [4.69, 9.17) is 20.0 Å². The highest BCUT2D eigenvalue weighted by atomic mass is 31.2. The Kier molecular flexibility index (Phi) is 6.25. The Morgan fingerprint density at radius 1 is 1.22 bits per heavy atom. The van der Waals surface area contributed by atoms with Crippen molar-refractivity contribution in [2.24, 2.45) is 0 Å². The number of hydrogen-bond donors (Lipinski definition) is 5. The minimum Gasteiger partial charge on any atom is -0.481 e. The third-order valence-corrected chi connectivity index (χ3v) is 3.88. The average Bonchev–Trinajstić information content (AvgIpc) is 2.83. The van der Waals surface area contributed by atoms with Crippen LogP contribution in [-0.2, 0) is 23.7 Å².